The van der Waals surface area contributed by atoms with Crippen LogP contribution in [-0.2, 0) is 0 Å². The van der Waals surface area contributed by atoms with Gasteiger partial charge in [-0.1, -0.05) is 35.5 Å². The van der Waals surface area contributed by atoms with E-state index in [-0.39, 0.29) is 5.91 Å². The first-order valence-electron chi connectivity index (χ1n) is 5.65. The van der Waals surface area contributed by atoms with Crippen molar-refractivity contribution in [3.8, 4) is 11.3 Å². The zero-order valence-corrected chi connectivity index (χ0v) is 9.22. The number of benzene rings is 1. The molecule has 2 aromatic rings. The minimum atomic E-state index is -0.104. The summed E-state index contributed by atoms with van der Waals surface area (Å²) in [6.45, 7) is 0. The van der Waals surface area contributed by atoms with Crippen molar-refractivity contribution in [3.63, 3.8) is 0 Å². The van der Waals surface area contributed by atoms with Gasteiger partial charge in [0.1, 0.15) is 17.5 Å². The summed E-state index contributed by atoms with van der Waals surface area (Å²) < 4.78 is 4.91. The third kappa shape index (κ3) is 2.06. The van der Waals surface area contributed by atoms with Crippen molar-refractivity contribution < 1.29 is 9.32 Å². The Hall–Kier alpha value is -2.10. The van der Waals surface area contributed by atoms with Gasteiger partial charge in [-0.05, 0) is 12.8 Å². The van der Waals surface area contributed by atoms with Crippen LogP contribution in [0.2, 0.25) is 0 Å². The van der Waals surface area contributed by atoms with E-state index in [2.05, 4.69) is 10.5 Å². The molecule has 0 bridgehead atoms. The quantitative estimate of drug-likeness (QED) is 0.876. The molecule has 1 aliphatic carbocycles. The van der Waals surface area contributed by atoms with Crippen LogP contribution in [0.25, 0.3) is 11.3 Å². The van der Waals surface area contributed by atoms with Crippen molar-refractivity contribution in [1.29, 1.82) is 0 Å². The second-order valence-corrected chi connectivity index (χ2v) is 4.19. The van der Waals surface area contributed by atoms with Crippen molar-refractivity contribution in [2.75, 3.05) is 0 Å². The molecule has 0 unspecified atom stereocenters. The number of amides is 1. The molecule has 3 rings (SSSR count). The summed E-state index contributed by atoms with van der Waals surface area (Å²) in [5, 5.41) is 6.83. The highest BCUT2D eigenvalue weighted by Crippen LogP contribution is 2.24. The number of carbonyl (C=O) groups excluding carboxylic acids is 1. The van der Waals surface area contributed by atoms with Crippen LogP contribution in [0.5, 0.6) is 0 Å². The molecular formula is C13H12N2O2. The lowest BCUT2D eigenvalue weighted by Gasteiger charge is -2.02. The van der Waals surface area contributed by atoms with Gasteiger partial charge in [0.25, 0.3) is 5.91 Å². The minimum absolute atomic E-state index is 0.104. The lowest BCUT2D eigenvalue weighted by molar-refractivity contribution is 0.0951. The van der Waals surface area contributed by atoms with Crippen LogP contribution < -0.4 is 5.32 Å². The van der Waals surface area contributed by atoms with E-state index in [9.17, 15) is 4.79 Å². The lowest BCUT2D eigenvalue weighted by Crippen LogP contribution is -2.25. The summed E-state index contributed by atoms with van der Waals surface area (Å²) in [5.74, 6) is -0.104. The summed E-state index contributed by atoms with van der Waals surface area (Å²) >= 11 is 0. The first-order chi connectivity index (χ1) is 8.34. The fourth-order valence-corrected chi connectivity index (χ4v) is 1.69. The molecule has 1 N–H and O–H groups in total. The van der Waals surface area contributed by atoms with Gasteiger partial charge in [-0.2, -0.15) is 0 Å². The van der Waals surface area contributed by atoms with Crippen molar-refractivity contribution in [2.24, 2.45) is 0 Å². The first-order valence-corrected chi connectivity index (χ1v) is 5.65. The Morgan fingerprint density at radius 2 is 2.06 bits per heavy atom. The predicted molar refractivity (Wildman–Crippen MR) is 62.4 cm³/mol. The lowest BCUT2D eigenvalue weighted by atomic mass is 10.1. The number of nitrogens with one attached hydrogen (secondary N) is 1. The highest BCUT2D eigenvalue weighted by molar-refractivity contribution is 5.99. The van der Waals surface area contributed by atoms with Gasteiger partial charge in [0.15, 0.2) is 0 Å². The molecule has 1 aliphatic rings. The van der Waals surface area contributed by atoms with Crippen LogP contribution in [0.1, 0.15) is 23.2 Å². The van der Waals surface area contributed by atoms with E-state index in [1.165, 1.54) is 6.26 Å². The average molecular weight is 228 g/mol. The SMILES string of the molecule is O=C(NC1CC1)c1conc1-c1ccccc1. The number of hydrogen-bond acceptors (Lipinski definition) is 3. The van der Waals surface area contributed by atoms with Gasteiger partial charge in [0.05, 0.1) is 0 Å². The van der Waals surface area contributed by atoms with E-state index in [1.807, 2.05) is 30.3 Å². The standard InChI is InChI=1S/C13H12N2O2/c16-13(14-10-6-7-10)11-8-17-15-12(11)9-4-2-1-3-5-9/h1-5,8,10H,6-7H2,(H,14,16). The van der Waals surface area contributed by atoms with Crippen molar-refractivity contribution in [3.05, 3.63) is 42.2 Å². The van der Waals surface area contributed by atoms with E-state index < -0.39 is 0 Å². The Labute approximate surface area is 98.6 Å². The molecule has 1 heterocycles. The highest BCUT2D eigenvalue weighted by atomic mass is 16.5. The number of aromatic nitrogens is 1. The van der Waals surface area contributed by atoms with Gasteiger partial charge in [-0.3, -0.25) is 4.79 Å². The average Bonchev–Trinajstić information content (AvgIpc) is 3.04. The van der Waals surface area contributed by atoms with Crippen molar-refractivity contribution >= 4 is 5.91 Å². The van der Waals surface area contributed by atoms with Crippen molar-refractivity contribution in [1.82, 2.24) is 10.5 Å². The van der Waals surface area contributed by atoms with Gasteiger partial charge < -0.3 is 9.84 Å². The third-order valence-electron chi connectivity index (χ3n) is 2.77. The maximum atomic E-state index is 11.9. The molecule has 0 radical (unpaired) electrons. The second-order valence-electron chi connectivity index (χ2n) is 4.19. The van der Waals surface area contributed by atoms with Gasteiger partial charge in [-0.15, -0.1) is 0 Å². The normalized spacial score (nSPS) is 14.6. The summed E-state index contributed by atoms with van der Waals surface area (Å²) in [7, 11) is 0. The molecule has 86 valence electrons. The molecule has 0 aliphatic heterocycles. The van der Waals surface area contributed by atoms with Crippen LogP contribution in [0.15, 0.2) is 41.1 Å². The first kappa shape index (κ1) is 10.1. The molecule has 1 aromatic heterocycles. The maximum absolute atomic E-state index is 11.9. The molecule has 0 saturated heterocycles. The molecular weight excluding hydrogens is 216 g/mol. The number of rotatable bonds is 3. The second kappa shape index (κ2) is 4.05. The van der Waals surface area contributed by atoms with Crippen LogP contribution >= 0.6 is 0 Å². The number of carbonyl (C=O) groups is 1. The minimum Gasteiger partial charge on any atom is -0.363 e. The molecule has 17 heavy (non-hydrogen) atoms. The van der Waals surface area contributed by atoms with Gasteiger partial charge in [-0.25, -0.2) is 0 Å². The maximum Gasteiger partial charge on any atom is 0.257 e. The Kier molecular flexibility index (Phi) is 2.40. The zero-order valence-electron chi connectivity index (χ0n) is 9.22. The van der Waals surface area contributed by atoms with Crippen LogP contribution in [0.3, 0.4) is 0 Å². The Balaban J connectivity index is 1.90. The Morgan fingerprint density at radius 1 is 1.29 bits per heavy atom. The van der Waals surface area contributed by atoms with E-state index in [0.717, 1.165) is 18.4 Å². The molecule has 4 heteroatoms. The zero-order chi connectivity index (χ0) is 11.7. The van der Waals surface area contributed by atoms with E-state index in [1.54, 1.807) is 0 Å². The molecule has 4 nitrogen and oxygen atoms in total. The van der Waals surface area contributed by atoms with Crippen LogP contribution in [-0.4, -0.2) is 17.1 Å². The molecule has 0 atom stereocenters. The predicted octanol–water partition coefficient (Wildman–Crippen LogP) is 2.23. The molecule has 1 fully saturated rings. The van der Waals surface area contributed by atoms with Crippen LogP contribution in [0, 0.1) is 0 Å². The van der Waals surface area contributed by atoms with Gasteiger partial charge in [0.2, 0.25) is 0 Å². The van der Waals surface area contributed by atoms with E-state index >= 15 is 0 Å². The smallest absolute Gasteiger partial charge is 0.257 e. The number of hydrogen-bond donors (Lipinski definition) is 1. The Bertz CT molecular complexity index is 529. The third-order valence-corrected chi connectivity index (χ3v) is 2.77. The molecule has 1 aromatic carbocycles. The highest BCUT2D eigenvalue weighted by Gasteiger charge is 2.26. The van der Waals surface area contributed by atoms with Gasteiger partial charge in [0, 0.05) is 11.6 Å². The monoisotopic (exact) mass is 228 g/mol. The molecule has 1 saturated carbocycles. The fourth-order valence-electron chi connectivity index (χ4n) is 1.69. The van der Waals surface area contributed by atoms with Crippen LogP contribution in [0.4, 0.5) is 0 Å². The fraction of sp³-hybridized carbons (Fsp3) is 0.231. The van der Waals surface area contributed by atoms with E-state index in [0.29, 0.717) is 17.3 Å². The summed E-state index contributed by atoms with van der Waals surface area (Å²) in [5.41, 5.74) is 1.99. The summed E-state index contributed by atoms with van der Waals surface area (Å²) in [4.78, 5) is 11.9. The topological polar surface area (TPSA) is 55.1 Å². The summed E-state index contributed by atoms with van der Waals surface area (Å²) in [6.07, 6.45) is 3.54. The molecule has 0 spiro atoms. The summed E-state index contributed by atoms with van der Waals surface area (Å²) in [6, 6.07) is 9.89. The molecule has 1 amide bonds. The largest absolute Gasteiger partial charge is 0.363 e. The number of nitrogens with zero attached hydrogens (tertiary/aromatic N) is 1. The van der Waals surface area contributed by atoms with Gasteiger partial charge >= 0.3 is 0 Å². The van der Waals surface area contributed by atoms with Crippen molar-refractivity contribution in [2.45, 2.75) is 18.9 Å². The Morgan fingerprint density at radius 3 is 2.76 bits per heavy atom. The van der Waals surface area contributed by atoms with E-state index in [4.69, 9.17) is 4.52 Å².